The van der Waals surface area contributed by atoms with E-state index in [1.165, 1.54) is 303 Å². The zero-order chi connectivity index (χ0) is 101. The number of nitrogens with zero attached hydrogens (tertiary/aromatic N) is 5. The van der Waals surface area contributed by atoms with E-state index in [0.29, 0.717) is 33.6 Å². The van der Waals surface area contributed by atoms with Gasteiger partial charge in [-0.25, -0.2) is 0 Å². The van der Waals surface area contributed by atoms with Crippen molar-refractivity contribution in [1.82, 2.24) is 22.8 Å². The first kappa shape index (κ1) is 87.9. The van der Waals surface area contributed by atoms with Crippen LogP contribution >= 0.6 is 0 Å². The van der Waals surface area contributed by atoms with E-state index in [4.69, 9.17) is 0 Å². The van der Waals surface area contributed by atoms with Gasteiger partial charge >= 0.3 is 0 Å². The Morgan fingerprint density at radius 2 is 0.453 bits per heavy atom. The van der Waals surface area contributed by atoms with Crippen LogP contribution in [0.25, 0.3) is 137 Å². The van der Waals surface area contributed by atoms with Gasteiger partial charge in [-0.15, -0.1) is 0 Å². The van der Waals surface area contributed by atoms with Gasteiger partial charge in [0.05, 0.1) is 27.6 Å². The molecule has 35 rings (SSSR count). The summed E-state index contributed by atoms with van der Waals surface area (Å²) in [6.45, 7) is 36.5. The minimum absolute atomic E-state index is 0.0112. The predicted octanol–water partition coefficient (Wildman–Crippen LogP) is 22.8. The number of aryl methyl sites for hydroxylation is 5. The van der Waals surface area contributed by atoms with E-state index < -0.39 is 0 Å². The molecule has 15 heterocycles. The molecule has 10 aliphatic rings. The first-order valence-electron chi connectivity index (χ1n) is 54.2. The number of fused-ring (bicyclic) bond motifs is 35. The van der Waals surface area contributed by atoms with Gasteiger partial charge in [-0.1, -0.05) is 441 Å². The molecule has 0 saturated carbocycles. The van der Waals surface area contributed by atoms with Crippen molar-refractivity contribution in [3.63, 3.8) is 0 Å². The molecule has 0 N–H and O–H groups in total. The summed E-state index contributed by atoms with van der Waals surface area (Å²) in [7, 11) is 0. The molecule has 10 heteroatoms. The van der Waals surface area contributed by atoms with Crippen molar-refractivity contribution in [3.05, 3.63) is 478 Å². The summed E-state index contributed by atoms with van der Waals surface area (Å²) in [6, 6.07) is 148. The third kappa shape index (κ3) is 11.3. The lowest BCUT2D eigenvalue weighted by molar-refractivity contribution is 0.645. The fourth-order valence-corrected chi connectivity index (χ4v) is 31.5. The van der Waals surface area contributed by atoms with Gasteiger partial charge in [-0.2, -0.15) is 0 Å². The molecule has 0 radical (unpaired) electrons. The van der Waals surface area contributed by atoms with Crippen LogP contribution in [0.5, 0.6) is 0 Å². The van der Waals surface area contributed by atoms with E-state index in [1.54, 1.807) is 0 Å². The van der Waals surface area contributed by atoms with Gasteiger partial charge in [-0.3, -0.25) is 0 Å². The van der Waals surface area contributed by atoms with E-state index >= 15 is 0 Å². The Hall–Kier alpha value is -16.3. The van der Waals surface area contributed by atoms with Gasteiger partial charge < -0.3 is 22.8 Å². The van der Waals surface area contributed by atoms with E-state index in [-0.39, 0.29) is 27.1 Å². The lowest BCUT2D eigenvalue weighted by Gasteiger charge is -2.42. The number of para-hydroxylation sites is 6. The maximum atomic E-state index is 2.55. The van der Waals surface area contributed by atoms with Crippen LogP contribution in [-0.2, 0) is 27.1 Å². The molecule has 10 aliphatic heterocycles. The lowest BCUT2D eigenvalue weighted by atomic mass is 9.30. The van der Waals surface area contributed by atoms with Gasteiger partial charge in [0.1, 0.15) is 0 Å². The Bertz CT molecular complexity index is 10300. The summed E-state index contributed by atoms with van der Waals surface area (Å²) in [5, 5.41) is 13.6. The fourth-order valence-electron chi connectivity index (χ4n) is 31.5. The molecule has 5 aromatic heterocycles. The van der Waals surface area contributed by atoms with Crippen LogP contribution < -0.4 is 81.9 Å². The first-order valence-corrected chi connectivity index (χ1v) is 54.2. The normalized spacial score (nSPS) is 15.4. The number of aromatic nitrogens is 5. The molecule has 0 aliphatic carbocycles. The molecule has 0 spiro atoms. The minimum atomic E-state index is -0.0132. The molecule has 710 valence electrons. The van der Waals surface area contributed by atoms with E-state index in [0.717, 1.165) is 0 Å². The molecule has 0 fully saturated rings. The number of rotatable bonds is 0. The zero-order valence-corrected chi connectivity index (χ0v) is 87.7. The summed E-state index contributed by atoms with van der Waals surface area (Å²) in [5.74, 6) is 0. The third-order valence-corrected chi connectivity index (χ3v) is 37.8. The molecule has 0 amide bonds. The highest BCUT2D eigenvalue weighted by atomic mass is 15.0. The van der Waals surface area contributed by atoms with Crippen LogP contribution in [0.1, 0.15) is 153 Å². The molecule has 0 saturated heterocycles. The summed E-state index contributed by atoms with van der Waals surface area (Å²) >= 11 is 0. The Morgan fingerprint density at radius 3 is 0.927 bits per heavy atom. The van der Waals surface area contributed by atoms with E-state index in [2.05, 4.69) is 521 Å². The van der Waals surface area contributed by atoms with Gasteiger partial charge in [0.2, 0.25) is 33.6 Å². The molecule has 0 atom stereocenters. The standard InChI is InChI=1S/5C28H22BN/c1-17-15-19-18-9-4-7-13-24(18)30-25-14-8-11-21-26(25)29(23(16-17)27(19)30)22-12-6-5-10-20(22)28(21,2)3;1-17-15-16-19-18-9-4-7-13-23(18)30-24-14-8-11-21-26(24)29(25(17)27(19)30)22-12-6-5-10-20(22)28(21,2)3;1-17-15-16-22-27-25(17)18-9-4-7-13-23(18)30(27)24-14-8-11-20-26(24)29(22)21-12-6-5-10-19(21)28(20,2)3;1-17-9-6-10-18-19-11-7-15-23-27(19)30(26(17)18)24-16-8-13-21-25(24)29(23)22-14-5-4-12-20(22)28(21,2)3;1-17-14-15-18-19-8-6-12-23-27(19)30(25(18)16-17)24-13-7-10-21-26(24)29(23)22-11-5-4-9-20(22)28(21,2)3/h5*4-16H,1-3H3. The Balaban J connectivity index is 0.0000000844. The summed E-state index contributed by atoms with van der Waals surface area (Å²) in [5.41, 5.74) is 63.5. The lowest BCUT2D eigenvalue weighted by Crippen LogP contribution is -2.63. The Morgan fingerprint density at radius 1 is 0.160 bits per heavy atom. The molecular formula is C140H110B5N5. The van der Waals surface area contributed by atoms with E-state index in [1.807, 2.05) is 0 Å². The average Bonchev–Trinajstić information content (AvgIpc) is 1.48. The van der Waals surface area contributed by atoms with E-state index in [9.17, 15) is 0 Å². The van der Waals surface area contributed by atoms with Crippen molar-refractivity contribution in [2.45, 2.75) is 131 Å². The van der Waals surface area contributed by atoms with Crippen LogP contribution in [0.4, 0.5) is 0 Å². The molecule has 25 aromatic rings. The minimum Gasteiger partial charge on any atom is -0.310 e. The predicted molar refractivity (Wildman–Crippen MR) is 644 cm³/mol. The Kier molecular flexibility index (Phi) is 18.0. The van der Waals surface area contributed by atoms with Crippen molar-refractivity contribution < 1.29 is 0 Å². The number of hydrogen-bond donors (Lipinski definition) is 0. The zero-order valence-electron chi connectivity index (χ0n) is 87.7. The van der Waals surface area contributed by atoms with Crippen LogP contribution in [0.15, 0.2) is 394 Å². The highest BCUT2D eigenvalue weighted by Crippen LogP contribution is 2.49. The third-order valence-electron chi connectivity index (χ3n) is 37.8. The second kappa shape index (κ2) is 30.7. The second-order valence-corrected chi connectivity index (χ2v) is 47.3. The second-order valence-electron chi connectivity index (χ2n) is 47.3. The average molecular weight is 1920 g/mol. The molecular weight excluding hydrogens is 1810 g/mol. The van der Waals surface area contributed by atoms with Crippen LogP contribution in [0, 0.1) is 34.6 Å². The van der Waals surface area contributed by atoms with Crippen molar-refractivity contribution in [2.75, 3.05) is 0 Å². The van der Waals surface area contributed by atoms with Crippen molar-refractivity contribution >= 4 is 225 Å². The van der Waals surface area contributed by atoms with Gasteiger partial charge in [0.25, 0.3) is 0 Å². The molecule has 0 bridgehead atoms. The monoisotopic (exact) mass is 1920 g/mol. The van der Waals surface area contributed by atoms with Crippen molar-refractivity contribution in [3.8, 4) is 28.4 Å². The smallest absolute Gasteiger partial charge is 0.247 e. The quantitative estimate of drug-likeness (QED) is 0.135. The summed E-state index contributed by atoms with van der Waals surface area (Å²) < 4.78 is 12.7. The van der Waals surface area contributed by atoms with Gasteiger partial charge in [-0.05, 0) is 222 Å². The van der Waals surface area contributed by atoms with Crippen LogP contribution in [-0.4, -0.2) is 56.4 Å². The van der Waals surface area contributed by atoms with Crippen molar-refractivity contribution in [2.24, 2.45) is 0 Å². The molecule has 0 unspecified atom stereocenters. The highest BCUT2D eigenvalue weighted by molar-refractivity contribution is 7.02. The van der Waals surface area contributed by atoms with Gasteiger partial charge in [0, 0.05) is 137 Å². The van der Waals surface area contributed by atoms with Gasteiger partial charge in [0.15, 0.2) is 0 Å². The number of hydrogen-bond acceptors (Lipinski definition) is 0. The summed E-state index contributed by atoms with van der Waals surface area (Å²) in [6.07, 6.45) is 0. The maximum absolute atomic E-state index is 2.55. The highest BCUT2D eigenvalue weighted by Gasteiger charge is 2.52. The molecule has 5 nitrogen and oxygen atoms in total. The van der Waals surface area contributed by atoms with Crippen LogP contribution in [0.2, 0.25) is 0 Å². The van der Waals surface area contributed by atoms with Crippen LogP contribution in [0.3, 0.4) is 0 Å². The topological polar surface area (TPSA) is 24.6 Å². The molecule has 150 heavy (non-hydrogen) atoms. The molecule has 20 aromatic carbocycles. The first-order chi connectivity index (χ1) is 72.9. The fraction of sp³-hybridized carbons (Fsp3) is 0.143. The van der Waals surface area contributed by atoms with Crippen molar-refractivity contribution in [1.29, 1.82) is 0 Å². The Labute approximate surface area is 878 Å². The number of benzene rings is 20. The maximum Gasteiger partial charge on any atom is 0.247 e. The largest absolute Gasteiger partial charge is 0.310 e. The summed E-state index contributed by atoms with van der Waals surface area (Å²) in [4.78, 5) is 0. The SMILES string of the molecule is Cc1cc2c3c(c1)c1ccccc1n3-c1cccc3c1B2c1ccccc1C3(C)C.Cc1ccc2c3c1c1ccccc1n3-c1cccc3c1B2c1ccccc1C3(C)C.Cc1ccc2c3cccc4c3n(c2c1)-c1cccc2c1B4c1ccccc1C2(C)C.Cc1ccc2c3ccccc3n3c2c1B1c2ccccc2C(C)(C)c2cccc-3c21.Cc1cccc2c3cccc4c3n(c12)-c1cccc2c1B4c1ccccc1C2(C)C.